The Morgan fingerprint density at radius 3 is 2.42 bits per heavy atom. The molecule has 1 aliphatic rings. The van der Waals surface area contributed by atoms with E-state index < -0.39 is 0 Å². The Morgan fingerprint density at radius 2 is 1.73 bits per heavy atom. The van der Waals surface area contributed by atoms with Crippen molar-refractivity contribution in [2.45, 2.75) is 20.3 Å². The molecule has 1 amide bonds. The van der Waals surface area contributed by atoms with Crippen molar-refractivity contribution < 1.29 is 4.79 Å². The molecule has 5 nitrogen and oxygen atoms in total. The van der Waals surface area contributed by atoms with Crippen molar-refractivity contribution in [3.8, 4) is 0 Å². The zero-order valence-corrected chi connectivity index (χ0v) is 15.8. The molecule has 1 aliphatic heterocycles. The van der Waals surface area contributed by atoms with Gasteiger partial charge in [-0.05, 0) is 24.3 Å². The maximum absolute atomic E-state index is 13.4. The number of carbonyl (C=O) groups is 1. The third-order valence-electron chi connectivity index (χ3n) is 5.61. The van der Waals surface area contributed by atoms with Gasteiger partial charge in [-0.25, -0.2) is 0 Å². The second kappa shape index (κ2) is 6.01. The van der Waals surface area contributed by atoms with Crippen LogP contribution in [0.1, 0.15) is 30.6 Å². The number of likely N-dealkylation sites (tertiary alicyclic amines) is 1. The van der Waals surface area contributed by atoms with Gasteiger partial charge < -0.3 is 14.0 Å². The average Bonchev–Trinajstić information content (AvgIpc) is 2.90. The standard InChI is InChI=1S/C21H25N3O2/c1-13-9-14(2)11-24(10-13)20(25)16-12-22(3)21(26)19-18(16)15-7-5-6-8-17(15)23(19)4/h5-8,12-14H,9-11H2,1-4H3. The van der Waals surface area contributed by atoms with E-state index in [2.05, 4.69) is 13.8 Å². The van der Waals surface area contributed by atoms with Crippen molar-refractivity contribution in [2.24, 2.45) is 25.9 Å². The van der Waals surface area contributed by atoms with Crippen LogP contribution in [-0.4, -0.2) is 33.0 Å². The van der Waals surface area contributed by atoms with Crippen molar-refractivity contribution in [1.29, 1.82) is 0 Å². The van der Waals surface area contributed by atoms with Crippen LogP contribution in [0.4, 0.5) is 0 Å². The van der Waals surface area contributed by atoms with E-state index in [4.69, 9.17) is 0 Å². The third-order valence-corrected chi connectivity index (χ3v) is 5.61. The van der Waals surface area contributed by atoms with Gasteiger partial charge in [0, 0.05) is 49.7 Å². The second-order valence-electron chi connectivity index (χ2n) is 7.91. The number of aryl methyl sites for hydroxylation is 2. The van der Waals surface area contributed by atoms with Gasteiger partial charge in [0.2, 0.25) is 0 Å². The Kier molecular flexibility index (Phi) is 3.90. The van der Waals surface area contributed by atoms with Crippen LogP contribution < -0.4 is 5.56 Å². The molecule has 0 bridgehead atoms. The number of carbonyl (C=O) groups excluding carboxylic acids is 1. The molecule has 4 rings (SSSR count). The van der Waals surface area contributed by atoms with Crippen LogP contribution in [0.5, 0.6) is 0 Å². The van der Waals surface area contributed by atoms with Crippen LogP contribution >= 0.6 is 0 Å². The Labute approximate surface area is 152 Å². The first-order chi connectivity index (χ1) is 12.4. The summed E-state index contributed by atoms with van der Waals surface area (Å²) in [5.74, 6) is 1.02. The summed E-state index contributed by atoms with van der Waals surface area (Å²) in [5, 5.41) is 1.74. The highest BCUT2D eigenvalue weighted by atomic mass is 16.2. The molecule has 2 unspecified atom stereocenters. The van der Waals surface area contributed by atoms with Crippen molar-refractivity contribution in [1.82, 2.24) is 14.0 Å². The number of pyridine rings is 1. The zero-order chi connectivity index (χ0) is 18.6. The monoisotopic (exact) mass is 351 g/mol. The fourth-order valence-electron chi connectivity index (χ4n) is 4.56. The molecule has 0 saturated carbocycles. The number of piperidine rings is 1. The SMILES string of the molecule is CC1CC(C)CN(C(=O)c2cn(C)c(=O)c3c2c2ccccc2n3C)C1. The predicted octanol–water partition coefficient (Wildman–Crippen LogP) is 3.15. The molecule has 1 aromatic carbocycles. The lowest BCUT2D eigenvalue weighted by Crippen LogP contribution is -2.43. The number of hydrogen-bond acceptors (Lipinski definition) is 2. The Hall–Kier alpha value is -2.56. The van der Waals surface area contributed by atoms with E-state index in [0.29, 0.717) is 22.9 Å². The van der Waals surface area contributed by atoms with Gasteiger partial charge in [0.1, 0.15) is 5.52 Å². The van der Waals surface area contributed by atoms with E-state index in [0.717, 1.165) is 35.8 Å². The van der Waals surface area contributed by atoms with Crippen LogP contribution in [0.15, 0.2) is 35.3 Å². The summed E-state index contributed by atoms with van der Waals surface area (Å²) in [7, 11) is 3.61. The normalized spacial score (nSPS) is 20.8. The van der Waals surface area contributed by atoms with Gasteiger partial charge in [0.25, 0.3) is 11.5 Å². The number of rotatable bonds is 1. The Balaban J connectivity index is 1.98. The molecule has 0 radical (unpaired) electrons. The molecule has 3 aromatic rings. The molecule has 26 heavy (non-hydrogen) atoms. The Morgan fingerprint density at radius 1 is 1.08 bits per heavy atom. The van der Waals surface area contributed by atoms with Gasteiger partial charge in [-0.1, -0.05) is 32.0 Å². The number of para-hydroxylation sites is 1. The summed E-state index contributed by atoms with van der Waals surface area (Å²) < 4.78 is 3.44. The van der Waals surface area contributed by atoms with Gasteiger partial charge >= 0.3 is 0 Å². The first kappa shape index (κ1) is 16.9. The van der Waals surface area contributed by atoms with E-state index in [1.165, 1.54) is 4.57 Å². The number of hydrogen-bond donors (Lipinski definition) is 0. The average molecular weight is 351 g/mol. The van der Waals surface area contributed by atoms with Gasteiger partial charge in [0.05, 0.1) is 5.56 Å². The molecular formula is C21H25N3O2. The van der Waals surface area contributed by atoms with Gasteiger partial charge in [-0.15, -0.1) is 0 Å². The maximum Gasteiger partial charge on any atom is 0.274 e. The first-order valence-electron chi connectivity index (χ1n) is 9.24. The smallest absolute Gasteiger partial charge is 0.274 e. The first-order valence-corrected chi connectivity index (χ1v) is 9.24. The summed E-state index contributed by atoms with van der Waals surface area (Å²) in [5.41, 5.74) is 2.12. The van der Waals surface area contributed by atoms with Crippen LogP contribution in [0.2, 0.25) is 0 Å². The molecule has 2 atom stereocenters. The van der Waals surface area contributed by atoms with Crippen molar-refractivity contribution in [3.63, 3.8) is 0 Å². The summed E-state index contributed by atoms with van der Waals surface area (Å²) in [6.45, 7) is 5.95. The molecule has 136 valence electrons. The fraction of sp³-hybridized carbons (Fsp3) is 0.429. The number of amides is 1. The van der Waals surface area contributed by atoms with E-state index >= 15 is 0 Å². The predicted molar refractivity (Wildman–Crippen MR) is 105 cm³/mol. The lowest BCUT2D eigenvalue weighted by molar-refractivity contribution is 0.0624. The highest BCUT2D eigenvalue weighted by molar-refractivity contribution is 6.17. The number of benzene rings is 1. The quantitative estimate of drug-likeness (QED) is 0.676. The highest BCUT2D eigenvalue weighted by Crippen LogP contribution is 2.30. The van der Waals surface area contributed by atoms with Gasteiger partial charge in [-0.3, -0.25) is 9.59 Å². The highest BCUT2D eigenvalue weighted by Gasteiger charge is 2.29. The van der Waals surface area contributed by atoms with Crippen molar-refractivity contribution in [2.75, 3.05) is 13.1 Å². The van der Waals surface area contributed by atoms with E-state index in [1.807, 2.05) is 40.8 Å². The topological polar surface area (TPSA) is 47.2 Å². The van der Waals surface area contributed by atoms with E-state index in [9.17, 15) is 9.59 Å². The van der Waals surface area contributed by atoms with Gasteiger partial charge in [0.15, 0.2) is 0 Å². The Bertz CT molecular complexity index is 1070. The molecule has 3 heterocycles. The zero-order valence-electron chi connectivity index (χ0n) is 15.8. The summed E-state index contributed by atoms with van der Waals surface area (Å²) in [6.07, 6.45) is 2.87. The lowest BCUT2D eigenvalue weighted by Gasteiger charge is -2.35. The van der Waals surface area contributed by atoms with Crippen LogP contribution in [0, 0.1) is 11.8 Å². The van der Waals surface area contributed by atoms with E-state index in [1.54, 1.807) is 13.2 Å². The second-order valence-corrected chi connectivity index (χ2v) is 7.91. The minimum absolute atomic E-state index is 0.0281. The molecule has 1 saturated heterocycles. The van der Waals surface area contributed by atoms with Crippen molar-refractivity contribution in [3.05, 3.63) is 46.4 Å². The maximum atomic E-state index is 13.4. The van der Waals surface area contributed by atoms with Gasteiger partial charge in [-0.2, -0.15) is 0 Å². The molecule has 0 spiro atoms. The number of aromatic nitrogens is 2. The third kappa shape index (κ3) is 2.45. The minimum atomic E-state index is -0.0735. The summed E-state index contributed by atoms with van der Waals surface area (Å²) >= 11 is 0. The summed E-state index contributed by atoms with van der Waals surface area (Å²) in [6, 6.07) is 7.91. The molecule has 2 aromatic heterocycles. The molecule has 5 heteroatoms. The summed E-state index contributed by atoms with van der Waals surface area (Å²) in [4.78, 5) is 28.2. The van der Waals surface area contributed by atoms with Crippen LogP contribution in [-0.2, 0) is 14.1 Å². The van der Waals surface area contributed by atoms with E-state index in [-0.39, 0.29) is 11.5 Å². The lowest BCUT2D eigenvalue weighted by atomic mass is 9.91. The van der Waals surface area contributed by atoms with Crippen molar-refractivity contribution >= 4 is 27.7 Å². The number of nitrogens with zero attached hydrogens (tertiary/aromatic N) is 3. The fourth-order valence-corrected chi connectivity index (χ4v) is 4.56. The number of fused-ring (bicyclic) bond motifs is 3. The molecule has 0 aliphatic carbocycles. The van der Waals surface area contributed by atoms with Crippen LogP contribution in [0.25, 0.3) is 21.8 Å². The molecule has 1 fully saturated rings. The van der Waals surface area contributed by atoms with Crippen LogP contribution in [0.3, 0.4) is 0 Å². The molecule has 0 N–H and O–H groups in total. The minimum Gasteiger partial charge on any atom is -0.339 e. The molecular weight excluding hydrogens is 326 g/mol. The largest absolute Gasteiger partial charge is 0.339 e.